The molecule has 1 atom stereocenters. The summed E-state index contributed by atoms with van der Waals surface area (Å²) in [6, 6.07) is -1.04. The number of carbonyl (C=O) groups is 3. The Morgan fingerprint density at radius 3 is 1.08 bits per heavy atom. The van der Waals surface area contributed by atoms with Gasteiger partial charge in [-0.25, -0.2) is 4.79 Å². The van der Waals surface area contributed by atoms with E-state index in [0.717, 1.165) is 32.1 Å². The van der Waals surface area contributed by atoms with Gasteiger partial charge in [-0.05, 0) is 19.3 Å². The van der Waals surface area contributed by atoms with E-state index in [2.05, 4.69) is 19.2 Å². The van der Waals surface area contributed by atoms with Crippen LogP contribution in [0.1, 0.15) is 245 Å². The van der Waals surface area contributed by atoms with Crippen molar-refractivity contribution in [1.29, 1.82) is 0 Å². The summed E-state index contributed by atoms with van der Waals surface area (Å²) in [5, 5.41) is 12.1. The van der Waals surface area contributed by atoms with Gasteiger partial charge in [0.15, 0.2) is 0 Å². The zero-order valence-corrected chi connectivity index (χ0v) is 32.8. The molecule has 0 aromatic carbocycles. The van der Waals surface area contributed by atoms with Crippen LogP contribution >= 0.6 is 0 Å². The minimum absolute atomic E-state index is 0.00918. The number of unbranched alkanes of at least 4 members (excludes halogenated alkanes) is 31. The van der Waals surface area contributed by atoms with Crippen molar-refractivity contribution in [2.24, 2.45) is 0 Å². The molecule has 1 amide bonds. The molecule has 0 aromatic rings. The number of carboxylic acids is 1. The second-order valence-electron chi connectivity index (χ2n) is 14.9. The molecule has 0 heterocycles. The van der Waals surface area contributed by atoms with E-state index in [1.54, 1.807) is 0 Å². The number of carbonyl (C=O) groups excluding carboxylic acids is 2. The normalized spacial score (nSPS) is 11.9. The van der Waals surface area contributed by atoms with Crippen molar-refractivity contribution in [3.8, 4) is 0 Å². The highest BCUT2D eigenvalue weighted by Crippen LogP contribution is 2.16. The van der Waals surface area contributed by atoms with Crippen molar-refractivity contribution in [3.63, 3.8) is 0 Å². The number of hydrogen-bond acceptors (Lipinski definition) is 4. The van der Waals surface area contributed by atoms with Crippen LogP contribution in [0, 0.1) is 0 Å². The van der Waals surface area contributed by atoms with E-state index < -0.39 is 12.0 Å². The molecule has 0 spiro atoms. The molecule has 6 heteroatoms. The van der Waals surface area contributed by atoms with E-state index in [1.807, 2.05) is 0 Å². The van der Waals surface area contributed by atoms with E-state index in [1.165, 1.54) is 180 Å². The predicted octanol–water partition coefficient (Wildman–Crippen LogP) is 13.2. The first-order valence-electron chi connectivity index (χ1n) is 21.7. The molecule has 0 aliphatic heterocycles. The molecule has 49 heavy (non-hydrogen) atoms. The van der Waals surface area contributed by atoms with E-state index in [9.17, 15) is 19.5 Å². The van der Waals surface area contributed by atoms with Crippen LogP contribution in [0.4, 0.5) is 0 Å². The highest BCUT2D eigenvalue weighted by Gasteiger charge is 2.21. The van der Waals surface area contributed by atoms with Gasteiger partial charge < -0.3 is 15.2 Å². The van der Waals surface area contributed by atoms with Gasteiger partial charge in [-0.3, -0.25) is 9.59 Å². The number of rotatable bonds is 40. The van der Waals surface area contributed by atoms with Gasteiger partial charge in [0.05, 0.1) is 6.61 Å². The van der Waals surface area contributed by atoms with Crippen LogP contribution in [0.2, 0.25) is 0 Å². The van der Waals surface area contributed by atoms with E-state index in [4.69, 9.17) is 4.74 Å². The average Bonchev–Trinajstić information content (AvgIpc) is 3.09. The first-order chi connectivity index (χ1) is 24.0. The molecule has 0 fully saturated rings. The Morgan fingerprint density at radius 1 is 0.449 bits per heavy atom. The molecule has 0 aromatic heterocycles. The van der Waals surface area contributed by atoms with Gasteiger partial charge in [0.2, 0.25) is 5.91 Å². The Morgan fingerprint density at radius 2 is 0.755 bits per heavy atom. The molecule has 0 saturated carbocycles. The van der Waals surface area contributed by atoms with Gasteiger partial charge in [0, 0.05) is 12.8 Å². The molecule has 0 saturated heterocycles. The first-order valence-corrected chi connectivity index (χ1v) is 21.7. The first kappa shape index (κ1) is 47.4. The topological polar surface area (TPSA) is 92.7 Å². The van der Waals surface area contributed by atoms with Crippen LogP contribution in [0.5, 0.6) is 0 Å². The monoisotopic (exact) mass is 694 g/mol. The Labute approximate surface area is 304 Å². The minimum atomic E-state index is -1.10. The third-order valence-electron chi connectivity index (χ3n) is 10.0. The number of hydrogen-bond donors (Lipinski definition) is 2. The van der Waals surface area contributed by atoms with Crippen LogP contribution in [0.3, 0.4) is 0 Å². The van der Waals surface area contributed by atoms with Gasteiger partial charge in [-0.1, -0.05) is 213 Å². The summed E-state index contributed by atoms with van der Waals surface area (Å²) in [4.78, 5) is 36.1. The van der Waals surface area contributed by atoms with Gasteiger partial charge >= 0.3 is 11.9 Å². The number of esters is 1. The Balaban J connectivity index is 3.57. The summed E-state index contributed by atoms with van der Waals surface area (Å²) in [7, 11) is 0. The van der Waals surface area contributed by atoms with E-state index >= 15 is 0 Å². The molecule has 0 aliphatic carbocycles. The lowest BCUT2D eigenvalue weighted by atomic mass is 10.0. The summed E-state index contributed by atoms with van der Waals surface area (Å²) in [6.45, 7) is 4.93. The predicted molar refractivity (Wildman–Crippen MR) is 208 cm³/mol. The minimum Gasteiger partial charge on any atom is -0.480 e. The van der Waals surface area contributed by atoms with E-state index in [0.29, 0.717) is 13.0 Å². The van der Waals surface area contributed by atoms with Crippen molar-refractivity contribution in [2.45, 2.75) is 251 Å². The lowest BCUT2D eigenvalue weighted by Gasteiger charge is -2.14. The van der Waals surface area contributed by atoms with Crippen LogP contribution in [0.15, 0.2) is 0 Å². The number of amides is 1. The van der Waals surface area contributed by atoms with Gasteiger partial charge in [0.25, 0.3) is 0 Å². The summed E-state index contributed by atoms with van der Waals surface area (Å²) < 4.78 is 5.32. The molecular weight excluding hydrogens is 610 g/mol. The van der Waals surface area contributed by atoms with Crippen LogP contribution in [-0.2, 0) is 19.1 Å². The second kappa shape index (κ2) is 39.2. The maximum atomic E-state index is 12.3. The maximum Gasteiger partial charge on any atom is 0.326 e. The van der Waals surface area contributed by atoms with Crippen molar-refractivity contribution < 1.29 is 24.2 Å². The van der Waals surface area contributed by atoms with Gasteiger partial charge in [0.1, 0.15) is 6.04 Å². The Kier molecular flexibility index (Phi) is 37.9. The Hall–Kier alpha value is -1.59. The zero-order valence-electron chi connectivity index (χ0n) is 32.8. The molecule has 0 bridgehead atoms. The number of ether oxygens (including phenoxy) is 1. The fourth-order valence-electron chi connectivity index (χ4n) is 6.70. The molecule has 0 radical (unpaired) electrons. The van der Waals surface area contributed by atoms with Crippen LogP contribution in [0.25, 0.3) is 0 Å². The molecule has 0 unspecified atom stereocenters. The summed E-state index contributed by atoms with van der Waals surface area (Å²) >= 11 is 0. The van der Waals surface area contributed by atoms with Gasteiger partial charge in [-0.15, -0.1) is 0 Å². The smallest absolute Gasteiger partial charge is 0.326 e. The van der Waals surface area contributed by atoms with Crippen molar-refractivity contribution >= 4 is 17.8 Å². The summed E-state index contributed by atoms with van der Waals surface area (Å²) in [5.41, 5.74) is 0. The zero-order chi connectivity index (χ0) is 35.9. The number of carboxylic acid groups (broad SMARTS) is 1. The molecule has 0 aliphatic rings. The highest BCUT2D eigenvalue weighted by molar-refractivity contribution is 5.84. The summed E-state index contributed by atoms with van der Waals surface area (Å²) in [6.07, 6.45) is 43.1. The summed E-state index contributed by atoms with van der Waals surface area (Å²) in [5.74, 6) is -1.72. The quantitative estimate of drug-likeness (QED) is 0.0492. The van der Waals surface area contributed by atoms with Gasteiger partial charge in [-0.2, -0.15) is 0 Å². The largest absolute Gasteiger partial charge is 0.480 e. The van der Waals surface area contributed by atoms with Crippen LogP contribution < -0.4 is 5.32 Å². The third-order valence-corrected chi connectivity index (χ3v) is 10.0. The maximum absolute atomic E-state index is 12.3. The average molecular weight is 694 g/mol. The van der Waals surface area contributed by atoms with Crippen molar-refractivity contribution in [1.82, 2.24) is 5.32 Å². The van der Waals surface area contributed by atoms with Crippen molar-refractivity contribution in [3.05, 3.63) is 0 Å². The fraction of sp³-hybridized carbons (Fsp3) is 0.930. The lowest BCUT2D eigenvalue weighted by molar-refractivity contribution is -0.145. The number of aliphatic carboxylic acids is 1. The molecule has 6 nitrogen and oxygen atoms in total. The number of nitrogens with one attached hydrogen (secondary N) is 1. The standard InChI is InChI=1S/C43H83NO5/c1-3-5-7-9-11-13-15-17-19-20-21-23-25-27-29-31-33-35-39-49-42(46)38-37-40(43(47)48)44-41(45)36-34-32-30-28-26-24-22-18-16-14-12-10-8-6-4-2/h40H,3-39H2,1-2H3,(H,44,45)(H,47,48)/t40-/m0/s1. The fourth-order valence-corrected chi connectivity index (χ4v) is 6.70. The molecule has 2 N–H and O–H groups in total. The molecule has 290 valence electrons. The highest BCUT2D eigenvalue weighted by atomic mass is 16.5. The van der Waals surface area contributed by atoms with Crippen LogP contribution in [-0.4, -0.2) is 35.6 Å². The van der Waals surface area contributed by atoms with Crippen molar-refractivity contribution in [2.75, 3.05) is 6.61 Å². The lowest BCUT2D eigenvalue weighted by Crippen LogP contribution is -2.41. The third kappa shape index (κ3) is 37.5. The Bertz CT molecular complexity index is 727. The second-order valence-corrected chi connectivity index (χ2v) is 14.9. The molecular formula is C43H83NO5. The van der Waals surface area contributed by atoms with E-state index in [-0.39, 0.29) is 24.7 Å². The SMILES string of the molecule is CCCCCCCCCCCCCCCCCCCCOC(=O)CC[C@H](NC(=O)CCCCCCCCCCCCCCCCC)C(=O)O. The molecule has 0 rings (SSSR count).